The molecule has 1 heterocycles. The highest BCUT2D eigenvalue weighted by atomic mass is 16.5. The molecule has 1 atom stereocenters. The van der Waals surface area contributed by atoms with Gasteiger partial charge in [-0.25, -0.2) is 0 Å². The van der Waals surface area contributed by atoms with Gasteiger partial charge in [-0.15, -0.1) is 0 Å². The van der Waals surface area contributed by atoms with E-state index >= 15 is 0 Å². The van der Waals surface area contributed by atoms with Gasteiger partial charge in [0.15, 0.2) is 0 Å². The Hall–Kier alpha value is -0.120. The molecule has 3 heteroatoms. The molecule has 0 bridgehead atoms. The Morgan fingerprint density at radius 3 is 2.60 bits per heavy atom. The second-order valence-corrected chi connectivity index (χ2v) is 6.72. The summed E-state index contributed by atoms with van der Waals surface area (Å²) in [4.78, 5) is 2.55. The van der Waals surface area contributed by atoms with Crippen LogP contribution in [0.15, 0.2) is 0 Å². The molecule has 20 heavy (non-hydrogen) atoms. The van der Waals surface area contributed by atoms with E-state index in [0.29, 0.717) is 6.10 Å². The first-order chi connectivity index (χ1) is 9.08. The Balaban J connectivity index is 0.00000361. The Kier molecular flexibility index (Phi) is 11.5. The molecular formula is C17H38N2O. The monoisotopic (exact) mass is 286 g/mol. The number of nitrogens with zero attached hydrogens (tertiary/aromatic N) is 1. The standard InChI is InChI=1S/C16H34N2O.CH4/c1-14(2)6-5-7-16-13-18(10-11-19-16)9-8-17-12-15(3)4;/h14-17H,5-13H2,1-4H3;1H4/t16-;/m1./s1. The molecule has 1 saturated heterocycles. The molecule has 122 valence electrons. The predicted molar refractivity (Wildman–Crippen MR) is 89.3 cm³/mol. The maximum atomic E-state index is 5.87. The largest absolute Gasteiger partial charge is 0.376 e. The average molecular weight is 287 g/mol. The first-order valence-corrected chi connectivity index (χ1v) is 8.12. The van der Waals surface area contributed by atoms with Crippen molar-refractivity contribution in [1.82, 2.24) is 10.2 Å². The zero-order valence-corrected chi connectivity index (χ0v) is 13.5. The molecule has 1 N–H and O–H groups in total. The van der Waals surface area contributed by atoms with E-state index in [1.165, 1.54) is 19.3 Å². The molecule has 0 amide bonds. The number of hydrogen-bond donors (Lipinski definition) is 1. The number of morpholine rings is 1. The lowest BCUT2D eigenvalue weighted by molar-refractivity contribution is -0.0327. The number of hydrogen-bond acceptors (Lipinski definition) is 3. The summed E-state index contributed by atoms with van der Waals surface area (Å²) in [6.45, 7) is 15.7. The predicted octanol–water partition coefficient (Wildman–Crippen LogP) is 3.40. The van der Waals surface area contributed by atoms with Crippen LogP contribution in [-0.2, 0) is 4.74 Å². The summed E-state index contributed by atoms with van der Waals surface area (Å²) in [7, 11) is 0. The van der Waals surface area contributed by atoms with Crippen molar-refractivity contribution >= 4 is 0 Å². The van der Waals surface area contributed by atoms with E-state index in [0.717, 1.165) is 51.2 Å². The van der Waals surface area contributed by atoms with Crippen molar-refractivity contribution in [2.75, 3.05) is 39.3 Å². The van der Waals surface area contributed by atoms with Gasteiger partial charge in [-0.05, 0) is 24.8 Å². The van der Waals surface area contributed by atoms with Crippen LogP contribution in [0.2, 0.25) is 0 Å². The van der Waals surface area contributed by atoms with Gasteiger partial charge >= 0.3 is 0 Å². The van der Waals surface area contributed by atoms with Gasteiger partial charge in [0.2, 0.25) is 0 Å². The van der Waals surface area contributed by atoms with E-state index in [1.54, 1.807) is 0 Å². The normalized spacial score (nSPS) is 20.4. The third-order valence-electron chi connectivity index (χ3n) is 3.69. The molecular weight excluding hydrogens is 248 g/mol. The topological polar surface area (TPSA) is 24.5 Å². The van der Waals surface area contributed by atoms with Crippen molar-refractivity contribution < 1.29 is 4.74 Å². The molecule has 0 aromatic rings. The van der Waals surface area contributed by atoms with Crippen LogP contribution in [0, 0.1) is 11.8 Å². The SMILES string of the molecule is C.CC(C)CCC[C@@H]1CN(CCNCC(C)C)CCO1. The smallest absolute Gasteiger partial charge is 0.0702 e. The lowest BCUT2D eigenvalue weighted by Crippen LogP contribution is -2.45. The van der Waals surface area contributed by atoms with E-state index < -0.39 is 0 Å². The van der Waals surface area contributed by atoms with Crippen LogP contribution in [-0.4, -0.2) is 50.3 Å². The number of ether oxygens (including phenoxy) is 1. The molecule has 0 unspecified atom stereocenters. The fourth-order valence-electron chi connectivity index (χ4n) is 2.54. The minimum Gasteiger partial charge on any atom is -0.376 e. The van der Waals surface area contributed by atoms with Crippen LogP contribution < -0.4 is 5.32 Å². The van der Waals surface area contributed by atoms with Gasteiger partial charge in [0.25, 0.3) is 0 Å². The lowest BCUT2D eigenvalue weighted by atomic mass is 10.0. The molecule has 1 rings (SSSR count). The van der Waals surface area contributed by atoms with Gasteiger partial charge in [-0.3, -0.25) is 4.90 Å². The first-order valence-electron chi connectivity index (χ1n) is 8.12. The number of nitrogens with one attached hydrogen (secondary N) is 1. The quantitative estimate of drug-likeness (QED) is 0.658. The third kappa shape index (κ3) is 9.73. The highest BCUT2D eigenvalue weighted by Crippen LogP contribution is 2.14. The molecule has 3 nitrogen and oxygen atoms in total. The zero-order valence-electron chi connectivity index (χ0n) is 13.5. The van der Waals surface area contributed by atoms with Crippen LogP contribution in [0.5, 0.6) is 0 Å². The van der Waals surface area contributed by atoms with Crippen LogP contribution in [0.25, 0.3) is 0 Å². The fourth-order valence-corrected chi connectivity index (χ4v) is 2.54. The van der Waals surface area contributed by atoms with Gasteiger partial charge in [0, 0.05) is 26.2 Å². The molecule has 0 aromatic heterocycles. The maximum Gasteiger partial charge on any atom is 0.0702 e. The summed E-state index contributed by atoms with van der Waals surface area (Å²) < 4.78 is 5.87. The molecule has 0 radical (unpaired) electrons. The summed E-state index contributed by atoms with van der Waals surface area (Å²) in [6.07, 6.45) is 4.34. The van der Waals surface area contributed by atoms with Gasteiger partial charge < -0.3 is 10.1 Å². The number of rotatable bonds is 9. The van der Waals surface area contributed by atoms with Crippen molar-refractivity contribution in [3.8, 4) is 0 Å². The third-order valence-corrected chi connectivity index (χ3v) is 3.69. The Bertz CT molecular complexity index is 219. The van der Waals surface area contributed by atoms with Crippen LogP contribution in [0.3, 0.4) is 0 Å². The van der Waals surface area contributed by atoms with Crippen molar-refractivity contribution in [3.63, 3.8) is 0 Å². The Labute approximate surface area is 127 Å². The highest BCUT2D eigenvalue weighted by Gasteiger charge is 2.19. The van der Waals surface area contributed by atoms with Gasteiger partial charge in [-0.2, -0.15) is 0 Å². The molecule has 0 aromatic carbocycles. The van der Waals surface area contributed by atoms with Gasteiger partial charge in [-0.1, -0.05) is 48.0 Å². The average Bonchev–Trinajstić information content (AvgIpc) is 2.34. The Morgan fingerprint density at radius 2 is 1.95 bits per heavy atom. The van der Waals surface area contributed by atoms with E-state index in [9.17, 15) is 0 Å². The van der Waals surface area contributed by atoms with E-state index in [1.807, 2.05) is 0 Å². The summed E-state index contributed by atoms with van der Waals surface area (Å²) in [5.74, 6) is 1.56. The highest BCUT2D eigenvalue weighted by molar-refractivity contribution is 4.72. The van der Waals surface area contributed by atoms with Crippen LogP contribution in [0.1, 0.15) is 54.4 Å². The van der Waals surface area contributed by atoms with E-state index in [4.69, 9.17) is 4.74 Å². The van der Waals surface area contributed by atoms with Crippen molar-refractivity contribution in [1.29, 1.82) is 0 Å². The molecule has 1 fully saturated rings. The Morgan fingerprint density at radius 1 is 1.20 bits per heavy atom. The van der Waals surface area contributed by atoms with E-state index in [2.05, 4.69) is 37.9 Å². The summed E-state index contributed by atoms with van der Waals surface area (Å²) in [6, 6.07) is 0. The molecule has 1 aliphatic rings. The second-order valence-electron chi connectivity index (χ2n) is 6.72. The van der Waals surface area contributed by atoms with Crippen LogP contribution in [0.4, 0.5) is 0 Å². The second kappa shape index (κ2) is 11.5. The lowest BCUT2D eigenvalue weighted by Gasteiger charge is -2.33. The van der Waals surface area contributed by atoms with Crippen molar-refractivity contribution in [2.45, 2.75) is 60.5 Å². The van der Waals surface area contributed by atoms with E-state index in [-0.39, 0.29) is 7.43 Å². The van der Waals surface area contributed by atoms with Crippen LogP contribution >= 0.6 is 0 Å². The van der Waals surface area contributed by atoms with Gasteiger partial charge in [0.05, 0.1) is 12.7 Å². The zero-order chi connectivity index (χ0) is 14.1. The molecule has 1 aliphatic heterocycles. The van der Waals surface area contributed by atoms with Crippen molar-refractivity contribution in [3.05, 3.63) is 0 Å². The maximum absolute atomic E-state index is 5.87. The minimum absolute atomic E-state index is 0. The first kappa shape index (κ1) is 19.9. The summed E-state index contributed by atoms with van der Waals surface area (Å²) >= 11 is 0. The molecule has 0 saturated carbocycles. The summed E-state index contributed by atoms with van der Waals surface area (Å²) in [5.41, 5.74) is 0. The molecule has 0 aliphatic carbocycles. The fraction of sp³-hybridized carbons (Fsp3) is 1.00. The summed E-state index contributed by atoms with van der Waals surface area (Å²) in [5, 5.41) is 3.52. The van der Waals surface area contributed by atoms with Crippen molar-refractivity contribution in [2.24, 2.45) is 11.8 Å². The van der Waals surface area contributed by atoms with Gasteiger partial charge in [0.1, 0.15) is 0 Å². The minimum atomic E-state index is 0. The molecule has 0 spiro atoms.